The minimum absolute atomic E-state index is 0.285. The van der Waals surface area contributed by atoms with E-state index < -0.39 is 0 Å². The average Bonchev–Trinajstić information content (AvgIpc) is 2.60. The molecule has 1 amide bonds. The van der Waals surface area contributed by atoms with E-state index in [2.05, 4.69) is 5.32 Å². The third kappa shape index (κ3) is 4.10. The van der Waals surface area contributed by atoms with Crippen LogP contribution in [0.1, 0.15) is 23.7 Å². The predicted octanol–water partition coefficient (Wildman–Crippen LogP) is 3.33. The van der Waals surface area contributed by atoms with Crippen LogP contribution in [0, 0.1) is 0 Å². The highest BCUT2D eigenvalue weighted by Gasteiger charge is 2.12. The second-order valence-corrected chi connectivity index (χ2v) is 5.12. The lowest BCUT2D eigenvalue weighted by atomic mass is 10.1. The van der Waals surface area contributed by atoms with Crippen molar-refractivity contribution in [3.8, 4) is 17.2 Å². The van der Waals surface area contributed by atoms with Crippen LogP contribution in [-0.4, -0.2) is 26.7 Å². The first-order valence-corrected chi connectivity index (χ1v) is 7.64. The van der Waals surface area contributed by atoms with E-state index in [9.17, 15) is 4.79 Å². The number of hydrogen-bond donors (Lipinski definition) is 2. The molecule has 0 atom stereocenters. The van der Waals surface area contributed by atoms with E-state index in [-0.39, 0.29) is 5.91 Å². The van der Waals surface area contributed by atoms with Gasteiger partial charge in [-0.05, 0) is 36.8 Å². The molecular weight excluding hydrogens is 308 g/mol. The first-order valence-electron chi connectivity index (χ1n) is 7.64. The fourth-order valence-electron chi connectivity index (χ4n) is 2.13. The van der Waals surface area contributed by atoms with Gasteiger partial charge >= 0.3 is 0 Å². The van der Waals surface area contributed by atoms with Gasteiger partial charge in [0.15, 0.2) is 0 Å². The van der Waals surface area contributed by atoms with E-state index in [1.54, 1.807) is 43.5 Å². The Labute approximate surface area is 141 Å². The van der Waals surface area contributed by atoms with Crippen molar-refractivity contribution in [1.82, 2.24) is 0 Å². The molecule has 0 spiro atoms. The summed E-state index contributed by atoms with van der Waals surface area (Å²) in [6.45, 7) is 2.60. The lowest BCUT2D eigenvalue weighted by Gasteiger charge is -2.13. The van der Waals surface area contributed by atoms with Crippen molar-refractivity contribution in [2.45, 2.75) is 13.3 Å². The predicted molar refractivity (Wildman–Crippen MR) is 94.1 cm³/mol. The quantitative estimate of drug-likeness (QED) is 0.761. The van der Waals surface area contributed by atoms with Gasteiger partial charge in [0.2, 0.25) is 0 Å². The molecule has 6 heteroatoms. The van der Waals surface area contributed by atoms with Crippen LogP contribution in [0.3, 0.4) is 0 Å². The summed E-state index contributed by atoms with van der Waals surface area (Å²) in [5.74, 6) is 1.45. The fraction of sp³-hybridized carbons (Fsp3) is 0.278. The Bertz CT molecular complexity index is 716. The fourth-order valence-corrected chi connectivity index (χ4v) is 2.13. The Balaban J connectivity index is 2.16. The molecule has 3 N–H and O–H groups in total. The number of methoxy groups -OCH3 is 2. The maximum Gasteiger partial charge on any atom is 0.255 e. The van der Waals surface area contributed by atoms with Crippen LogP contribution in [0.5, 0.6) is 17.2 Å². The van der Waals surface area contributed by atoms with Gasteiger partial charge in [-0.2, -0.15) is 0 Å². The number of amides is 1. The molecule has 2 aromatic carbocycles. The van der Waals surface area contributed by atoms with Crippen LogP contribution in [0.2, 0.25) is 0 Å². The lowest BCUT2D eigenvalue weighted by molar-refractivity contribution is 0.102. The number of nitrogens with one attached hydrogen (secondary N) is 1. The zero-order valence-corrected chi connectivity index (χ0v) is 14.1. The third-order valence-corrected chi connectivity index (χ3v) is 3.39. The molecule has 2 aromatic rings. The van der Waals surface area contributed by atoms with Crippen molar-refractivity contribution >= 4 is 17.3 Å². The van der Waals surface area contributed by atoms with Crippen LogP contribution in [0.15, 0.2) is 36.4 Å². The number of anilines is 2. The van der Waals surface area contributed by atoms with Crippen LogP contribution in [0.25, 0.3) is 0 Å². The van der Waals surface area contributed by atoms with Gasteiger partial charge in [-0.25, -0.2) is 0 Å². The standard InChI is InChI=1S/C18H22N2O4/c1-4-9-24-16-8-5-12(10-14(16)19)18(21)20-15-7-6-13(22-2)11-17(15)23-3/h5-8,10-11H,4,9,19H2,1-3H3,(H,20,21). The minimum atomic E-state index is -0.285. The Morgan fingerprint density at radius 1 is 1.08 bits per heavy atom. The smallest absolute Gasteiger partial charge is 0.255 e. The number of ether oxygens (including phenoxy) is 3. The van der Waals surface area contributed by atoms with Crippen LogP contribution in [-0.2, 0) is 0 Å². The summed E-state index contributed by atoms with van der Waals surface area (Å²) in [6, 6.07) is 10.1. The molecule has 0 radical (unpaired) electrons. The van der Waals surface area contributed by atoms with Crippen molar-refractivity contribution < 1.29 is 19.0 Å². The molecular formula is C18H22N2O4. The number of carbonyl (C=O) groups excluding carboxylic acids is 1. The van der Waals surface area contributed by atoms with Crippen molar-refractivity contribution in [1.29, 1.82) is 0 Å². The van der Waals surface area contributed by atoms with Gasteiger partial charge in [-0.1, -0.05) is 6.92 Å². The van der Waals surface area contributed by atoms with E-state index >= 15 is 0 Å². The lowest BCUT2D eigenvalue weighted by Crippen LogP contribution is -2.13. The van der Waals surface area contributed by atoms with Crippen LogP contribution >= 0.6 is 0 Å². The molecule has 0 saturated carbocycles. The maximum absolute atomic E-state index is 12.4. The van der Waals surface area contributed by atoms with E-state index in [0.29, 0.717) is 40.8 Å². The number of rotatable bonds is 7. The molecule has 2 rings (SSSR count). The number of hydrogen-bond acceptors (Lipinski definition) is 5. The van der Waals surface area contributed by atoms with E-state index in [1.165, 1.54) is 7.11 Å². The molecule has 6 nitrogen and oxygen atoms in total. The molecule has 0 aliphatic carbocycles. The summed E-state index contributed by atoms with van der Waals surface area (Å²) in [5, 5.41) is 2.80. The summed E-state index contributed by atoms with van der Waals surface area (Å²) < 4.78 is 15.9. The molecule has 0 unspecified atom stereocenters. The van der Waals surface area contributed by atoms with E-state index in [1.807, 2.05) is 6.92 Å². The van der Waals surface area contributed by atoms with Gasteiger partial charge in [-0.3, -0.25) is 4.79 Å². The van der Waals surface area contributed by atoms with Gasteiger partial charge in [-0.15, -0.1) is 0 Å². The number of nitrogen functional groups attached to an aromatic ring is 1. The summed E-state index contributed by atoms with van der Waals surface area (Å²) >= 11 is 0. The second-order valence-electron chi connectivity index (χ2n) is 5.12. The Kier molecular flexibility index (Phi) is 5.89. The summed E-state index contributed by atoms with van der Waals surface area (Å²) in [5.41, 5.74) is 7.36. The first kappa shape index (κ1) is 17.5. The third-order valence-electron chi connectivity index (χ3n) is 3.39. The largest absolute Gasteiger partial charge is 0.497 e. The molecule has 0 aromatic heterocycles. The normalized spacial score (nSPS) is 10.1. The van der Waals surface area contributed by atoms with Crippen LogP contribution in [0.4, 0.5) is 11.4 Å². The number of carbonyl (C=O) groups is 1. The van der Waals surface area contributed by atoms with Crippen molar-refractivity contribution in [2.75, 3.05) is 31.9 Å². The molecule has 128 valence electrons. The molecule has 0 aliphatic rings. The van der Waals surface area contributed by atoms with E-state index in [4.69, 9.17) is 19.9 Å². The Hall–Kier alpha value is -2.89. The summed E-state index contributed by atoms with van der Waals surface area (Å²) in [6.07, 6.45) is 0.888. The number of benzene rings is 2. The van der Waals surface area contributed by atoms with Crippen LogP contribution < -0.4 is 25.3 Å². The van der Waals surface area contributed by atoms with Crippen molar-refractivity contribution in [3.63, 3.8) is 0 Å². The highest BCUT2D eigenvalue weighted by molar-refractivity contribution is 6.05. The summed E-state index contributed by atoms with van der Waals surface area (Å²) in [7, 11) is 3.10. The van der Waals surface area contributed by atoms with Gasteiger partial charge in [0.05, 0.1) is 32.2 Å². The Morgan fingerprint density at radius 2 is 1.88 bits per heavy atom. The zero-order chi connectivity index (χ0) is 17.5. The van der Waals surface area contributed by atoms with Gasteiger partial charge in [0.25, 0.3) is 5.91 Å². The van der Waals surface area contributed by atoms with Gasteiger partial charge < -0.3 is 25.3 Å². The van der Waals surface area contributed by atoms with Crippen molar-refractivity contribution in [2.24, 2.45) is 0 Å². The highest BCUT2D eigenvalue weighted by atomic mass is 16.5. The maximum atomic E-state index is 12.4. The Morgan fingerprint density at radius 3 is 2.50 bits per heavy atom. The second kappa shape index (κ2) is 8.10. The SMILES string of the molecule is CCCOc1ccc(C(=O)Nc2ccc(OC)cc2OC)cc1N. The molecule has 0 aliphatic heterocycles. The number of nitrogens with two attached hydrogens (primary N) is 1. The van der Waals surface area contributed by atoms with Gasteiger partial charge in [0, 0.05) is 11.6 Å². The average molecular weight is 330 g/mol. The molecule has 0 bridgehead atoms. The minimum Gasteiger partial charge on any atom is -0.497 e. The molecule has 0 heterocycles. The molecule has 0 saturated heterocycles. The highest BCUT2D eigenvalue weighted by Crippen LogP contribution is 2.30. The zero-order valence-electron chi connectivity index (χ0n) is 14.1. The molecule has 24 heavy (non-hydrogen) atoms. The van der Waals surface area contributed by atoms with Gasteiger partial charge in [0.1, 0.15) is 17.2 Å². The summed E-state index contributed by atoms with van der Waals surface area (Å²) in [4.78, 5) is 12.4. The van der Waals surface area contributed by atoms with E-state index in [0.717, 1.165) is 6.42 Å². The first-order chi connectivity index (χ1) is 11.6. The monoisotopic (exact) mass is 330 g/mol. The van der Waals surface area contributed by atoms with Crippen molar-refractivity contribution in [3.05, 3.63) is 42.0 Å². The topological polar surface area (TPSA) is 82.8 Å². The molecule has 0 fully saturated rings.